The number of fused-ring (bicyclic) bond motifs is 1. The first-order valence-corrected chi connectivity index (χ1v) is 8.43. The normalized spacial score (nSPS) is 14.1. The lowest BCUT2D eigenvalue weighted by Gasteiger charge is -2.19. The van der Waals surface area contributed by atoms with Crippen LogP contribution in [0.3, 0.4) is 0 Å². The van der Waals surface area contributed by atoms with Crippen molar-refractivity contribution in [3.63, 3.8) is 0 Å². The highest BCUT2D eigenvalue weighted by atomic mass is 35.5. The van der Waals surface area contributed by atoms with Gasteiger partial charge < -0.3 is 10.3 Å². The van der Waals surface area contributed by atoms with Crippen LogP contribution in [0.25, 0.3) is 11.0 Å². The molecule has 1 heterocycles. The van der Waals surface area contributed by atoms with E-state index in [1.807, 2.05) is 30.3 Å². The number of imidazole rings is 1. The zero-order chi connectivity index (χ0) is 16.4. The van der Waals surface area contributed by atoms with Gasteiger partial charge in [-0.05, 0) is 35.7 Å². The molecular formula is C19H22ClN3. The van der Waals surface area contributed by atoms with E-state index in [-0.39, 0.29) is 6.04 Å². The minimum Gasteiger partial charge on any atom is -0.322 e. The monoisotopic (exact) mass is 327 g/mol. The number of nitrogens with zero attached hydrogens (tertiary/aromatic N) is 2. The third-order valence-electron chi connectivity index (χ3n) is 4.49. The molecule has 0 aliphatic rings. The molecule has 0 bridgehead atoms. The van der Waals surface area contributed by atoms with Crippen molar-refractivity contribution in [2.45, 2.75) is 32.9 Å². The highest BCUT2D eigenvalue weighted by molar-refractivity contribution is 6.30. The van der Waals surface area contributed by atoms with Gasteiger partial charge in [-0.1, -0.05) is 56.1 Å². The lowest BCUT2D eigenvalue weighted by Crippen LogP contribution is -2.23. The molecule has 3 aromatic rings. The summed E-state index contributed by atoms with van der Waals surface area (Å²) in [5, 5.41) is 0.751. The average Bonchev–Trinajstić information content (AvgIpc) is 2.94. The average molecular weight is 328 g/mol. The van der Waals surface area contributed by atoms with Gasteiger partial charge in [-0.25, -0.2) is 4.98 Å². The van der Waals surface area contributed by atoms with E-state index in [4.69, 9.17) is 22.3 Å². The Morgan fingerprint density at radius 1 is 1.13 bits per heavy atom. The maximum absolute atomic E-state index is 6.49. The van der Waals surface area contributed by atoms with Gasteiger partial charge in [0.05, 0.1) is 17.1 Å². The van der Waals surface area contributed by atoms with Crippen LogP contribution in [0.4, 0.5) is 0 Å². The summed E-state index contributed by atoms with van der Waals surface area (Å²) < 4.78 is 2.23. The van der Waals surface area contributed by atoms with Crippen molar-refractivity contribution < 1.29 is 0 Å². The minimum atomic E-state index is -0.0697. The predicted molar refractivity (Wildman–Crippen MR) is 96.7 cm³/mol. The highest BCUT2D eigenvalue weighted by Gasteiger charge is 2.21. The number of benzene rings is 2. The van der Waals surface area contributed by atoms with Crippen LogP contribution in [0, 0.1) is 5.92 Å². The highest BCUT2D eigenvalue weighted by Crippen LogP contribution is 2.26. The molecule has 120 valence electrons. The lowest BCUT2D eigenvalue weighted by atomic mass is 9.99. The van der Waals surface area contributed by atoms with E-state index in [1.54, 1.807) is 0 Å². The molecule has 0 radical (unpaired) electrons. The molecule has 0 spiro atoms. The summed E-state index contributed by atoms with van der Waals surface area (Å²) in [4.78, 5) is 4.81. The number of halogens is 1. The van der Waals surface area contributed by atoms with Gasteiger partial charge >= 0.3 is 0 Å². The molecular weight excluding hydrogens is 306 g/mol. The smallest absolute Gasteiger partial charge is 0.127 e. The molecule has 0 saturated heterocycles. The zero-order valence-electron chi connectivity index (χ0n) is 13.5. The molecule has 3 rings (SSSR count). The van der Waals surface area contributed by atoms with E-state index in [2.05, 4.69) is 36.6 Å². The Balaban J connectivity index is 2.07. The fourth-order valence-corrected chi connectivity index (χ4v) is 2.92. The van der Waals surface area contributed by atoms with Crippen molar-refractivity contribution in [2.75, 3.05) is 0 Å². The van der Waals surface area contributed by atoms with Crippen molar-refractivity contribution in [2.24, 2.45) is 11.7 Å². The molecule has 0 fully saturated rings. The molecule has 0 saturated carbocycles. The molecule has 23 heavy (non-hydrogen) atoms. The minimum absolute atomic E-state index is 0.0697. The van der Waals surface area contributed by atoms with Crippen LogP contribution in [-0.4, -0.2) is 9.55 Å². The molecule has 2 aromatic carbocycles. The number of rotatable bonds is 5. The van der Waals surface area contributed by atoms with Crippen LogP contribution in [0.5, 0.6) is 0 Å². The fraction of sp³-hybridized carbons (Fsp3) is 0.316. The molecule has 0 aliphatic carbocycles. The molecule has 2 N–H and O–H groups in total. The summed E-state index contributed by atoms with van der Waals surface area (Å²) in [6.07, 6.45) is 1.03. The second kappa shape index (κ2) is 6.73. The van der Waals surface area contributed by atoms with Gasteiger partial charge in [-0.15, -0.1) is 0 Å². The predicted octanol–water partition coefficient (Wildman–Crippen LogP) is 4.78. The van der Waals surface area contributed by atoms with E-state index in [9.17, 15) is 0 Å². The van der Waals surface area contributed by atoms with Crippen molar-refractivity contribution >= 4 is 22.6 Å². The van der Waals surface area contributed by atoms with Crippen LogP contribution in [-0.2, 0) is 6.54 Å². The first-order valence-electron chi connectivity index (χ1n) is 8.05. The van der Waals surface area contributed by atoms with Gasteiger partial charge in [0, 0.05) is 11.6 Å². The molecule has 4 heteroatoms. The largest absolute Gasteiger partial charge is 0.322 e. The summed E-state index contributed by atoms with van der Waals surface area (Å²) in [6.45, 7) is 5.09. The maximum atomic E-state index is 6.49. The van der Waals surface area contributed by atoms with Crippen LogP contribution >= 0.6 is 11.6 Å². The third-order valence-corrected chi connectivity index (χ3v) is 4.75. The standard InChI is InChI=1S/C19H22ClN3/c1-3-13(2)18(21)19-22-16-6-4-5-7-17(16)23(19)12-14-8-10-15(20)11-9-14/h4-11,13,18H,3,12,21H2,1-2H3. The Hall–Kier alpha value is -1.84. The molecule has 0 amide bonds. The summed E-state index contributed by atoms with van der Waals surface area (Å²) in [5.74, 6) is 1.34. The van der Waals surface area contributed by atoms with Gasteiger partial charge in [0.1, 0.15) is 5.82 Å². The van der Waals surface area contributed by atoms with Gasteiger partial charge in [-0.3, -0.25) is 0 Å². The van der Waals surface area contributed by atoms with Gasteiger partial charge in [0.15, 0.2) is 0 Å². The summed E-state index contributed by atoms with van der Waals surface area (Å²) in [7, 11) is 0. The quantitative estimate of drug-likeness (QED) is 0.732. The SMILES string of the molecule is CCC(C)C(N)c1nc2ccccc2n1Cc1ccc(Cl)cc1. The number of hydrogen-bond donors (Lipinski definition) is 1. The van der Waals surface area contributed by atoms with E-state index in [0.29, 0.717) is 5.92 Å². The van der Waals surface area contributed by atoms with E-state index in [1.165, 1.54) is 5.56 Å². The third kappa shape index (κ3) is 3.26. The first kappa shape index (κ1) is 16.0. The molecule has 0 aliphatic heterocycles. The van der Waals surface area contributed by atoms with Crippen molar-refractivity contribution in [1.82, 2.24) is 9.55 Å². The van der Waals surface area contributed by atoms with E-state index >= 15 is 0 Å². The number of para-hydroxylation sites is 2. The van der Waals surface area contributed by atoms with E-state index < -0.39 is 0 Å². The Bertz CT molecular complexity index is 792. The van der Waals surface area contributed by atoms with Crippen molar-refractivity contribution in [1.29, 1.82) is 0 Å². The molecule has 1 aromatic heterocycles. The number of nitrogens with two attached hydrogens (primary N) is 1. The second-order valence-electron chi connectivity index (χ2n) is 6.08. The second-order valence-corrected chi connectivity index (χ2v) is 6.52. The van der Waals surface area contributed by atoms with E-state index in [0.717, 1.165) is 34.8 Å². The molecule has 2 atom stereocenters. The summed E-state index contributed by atoms with van der Waals surface area (Å²) in [5.41, 5.74) is 9.79. The van der Waals surface area contributed by atoms with Gasteiger partial charge in [-0.2, -0.15) is 0 Å². The number of aromatic nitrogens is 2. The Morgan fingerprint density at radius 2 is 1.83 bits per heavy atom. The lowest BCUT2D eigenvalue weighted by molar-refractivity contribution is 0.428. The molecule has 3 nitrogen and oxygen atoms in total. The van der Waals surface area contributed by atoms with Crippen LogP contribution in [0.2, 0.25) is 5.02 Å². The first-order chi connectivity index (χ1) is 11.1. The Labute approximate surface area is 142 Å². The van der Waals surface area contributed by atoms with Crippen molar-refractivity contribution in [3.05, 3.63) is 64.9 Å². The topological polar surface area (TPSA) is 43.8 Å². The Kier molecular flexibility index (Phi) is 4.69. The van der Waals surface area contributed by atoms with Crippen molar-refractivity contribution in [3.8, 4) is 0 Å². The van der Waals surface area contributed by atoms with Crippen LogP contribution in [0.1, 0.15) is 37.7 Å². The zero-order valence-corrected chi connectivity index (χ0v) is 14.3. The molecule has 2 unspecified atom stereocenters. The number of hydrogen-bond acceptors (Lipinski definition) is 2. The van der Waals surface area contributed by atoms with Crippen LogP contribution < -0.4 is 5.73 Å². The summed E-state index contributed by atoms with van der Waals surface area (Å²) in [6, 6.07) is 16.1. The summed E-state index contributed by atoms with van der Waals surface area (Å²) >= 11 is 5.99. The fourth-order valence-electron chi connectivity index (χ4n) is 2.80. The maximum Gasteiger partial charge on any atom is 0.127 e. The van der Waals surface area contributed by atoms with Gasteiger partial charge in [0.25, 0.3) is 0 Å². The Morgan fingerprint density at radius 3 is 2.52 bits per heavy atom. The van der Waals surface area contributed by atoms with Gasteiger partial charge in [0.2, 0.25) is 0 Å². The van der Waals surface area contributed by atoms with Crippen LogP contribution in [0.15, 0.2) is 48.5 Å².